The van der Waals surface area contributed by atoms with Gasteiger partial charge in [-0.25, -0.2) is 18.6 Å². The van der Waals surface area contributed by atoms with Crippen LogP contribution in [0.25, 0.3) is 0 Å². The number of nitrogens with zero attached hydrogens (tertiary/aromatic N) is 2. The number of thiazole rings is 1. The predicted octanol–water partition coefficient (Wildman–Crippen LogP) is 5.37. The lowest BCUT2D eigenvalue weighted by molar-refractivity contribution is 0.0939. The fraction of sp³-hybridized carbons (Fsp3) is 0.211. The van der Waals surface area contributed by atoms with E-state index < -0.39 is 17.7 Å². The third-order valence-corrected chi connectivity index (χ3v) is 4.95. The molecule has 0 spiro atoms. The van der Waals surface area contributed by atoms with Gasteiger partial charge in [-0.1, -0.05) is 48.9 Å². The molecule has 0 bridgehead atoms. The molecule has 0 atom stereocenters. The first-order valence-corrected chi connectivity index (χ1v) is 9.71. The highest BCUT2D eigenvalue weighted by atomic mass is 35.5. The standard InChI is InChI=1S/C19H16ClF2N3O3S/c1-10(2)17(26)12-6-15(28-19(27)24-18-23-7-14(20)29-18)25(9-12)8-11-4-3-5-13(21)16(11)22/h3-7,9-10H,8H2,1-2H3,(H,23,24,27). The van der Waals surface area contributed by atoms with Crippen LogP contribution >= 0.6 is 22.9 Å². The van der Waals surface area contributed by atoms with Crippen molar-refractivity contribution in [3.63, 3.8) is 0 Å². The molecule has 0 aliphatic rings. The minimum Gasteiger partial charge on any atom is -0.393 e. The third kappa shape index (κ3) is 4.99. The minimum absolute atomic E-state index is 0.00202. The zero-order valence-corrected chi connectivity index (χ0v) is 17.0. The molecular formula is C19H16ClF2N3O3S. The summed E-state index contributed by atoms with van der Waals surface area (Å²) in [4.78, 5) is 28.4. The molecule has 152 valence electrons. The van der Waals surface area contributed by atoms with Gasteiger partial charge in [0.1, 0.15) is 4.34 Å². The number of aromatic nitrogens is 2. The van der Waals surface area contributed by atoms with Crippen LogP contribution in [0.5, 0.6) is 5.88 Å². The van der Waals surface area contributed by atoms with Crippen LogP contribution in [0.2, 0.25) is 4.34 Å². The van der Waals surface area contributed by atoms with Crippen LogP contribution in [0.1, 0.15) is 29.8 Å². The summed E-state index contributed by atoms with van der Waals surface area (Å²) in [5.41, 5.74) is 0.331. The van der Waals surface area contributed by atoms with Crippen molar-refractivity contribution < 1.29 is 23.1 Å². The molecule has 6 nitrogen and oxygen atoms in total. The van der Waals surface area contributed by atoms with E-state index in [0.717, 1.165) is 17.4 Å². The van der Waals surface area contributed by atoms with Crippen LogP contribution in [0, 0.1) is 17.6 Å². The second-order valence-corrected chi connectivity index (χ2v) is 8.07. The number of hydrogen-bond acceptors (Lipinski definition) is 5. The van der Waals surface area contributed by atoms with Crippen molar-refractivity contribution in [2.75, 3.05) is 5.32 Å². The number of ether oxygens (including phenoxy) is 1. The van der Waals surface area contributed by atoms with E-state index in [-0.39, 0.29) is 40.4 Å². The van der Waals surface area contributed by atoms with Gasteiger partial charge in [0.25, 0.3) is 0 Å². The monoisotopic (exact) mass is 439 g/mol. The summed E-state index contributed by atoms with van der Waals surface area (Å²) in [6, 6.07) is 5.17. The molecule has 0 saturated heterocycles. The lowest BCUT2D eigenvalue weighted by atomic mass is 10.0. The summed E-state index contributed by atoms with van der Waals surface area (Å²) in [5.74, 6) is -2.48. The number of halogens is 3. The lowest BCUT2D eigenvalue weighted by Crippen LogP contribution is -2.18. The predicted molar refractivity (Wildman–Crippen MR) is 106 cm³/mol. The second kappa shape index (κ2) is 8.71. The molecule has 0 saturated carbocycles. The first kappa shape index (κ1) is 20.9. The topological polar surface area (TPSA) is 73.2 Å². The Morgan fingerprint density at radius 2 is 2.10 bits per heavy atom. The number of carbonyl (C=O) groups excluding carboxylic acids is 2. The van der Waals surface area contributed by atoms with Crippen molar-refractivity contribution in [3.8, 4) is 5.88 Å². The smallest absolute Gasteiger partial charge is 0.393 e. The number of ketones is 1. The van der Waals surface area contributed by atoms with Gasteiger partial charge >= 0.3 is 6.09 Å². The van der Waals surface area contributed by atoms with E-state index in [4.69, 9.17) is 16.3 Å². The van der Waals surface area contributed by atoms with Crippen LogP contribution in [0.15, 0.2) is 36.7 Å². The largest absolute Gasteiger partial charge is 0.420 e. The Morgan fingerprint density at radius 3 is 2.76 bits per heavy atom. The highest BCUT2D eigenvalue weighted by molar-refractivity contribution is 7.19. The highest BCUT2D eigenvalue weighted by Gasteiger charge is 2.20. The molecule has 2 aromatic heterocycles. The van der Waals surface area contributed by atoms with Gasteiger partial charge in [-0.3, -0.25) is 10.1 Å². The Balaban J connectivity index is 1.88. The average Bonchev–Trinajstić information content (AvgIpc) is 3.24. The number of benzene rings is 1. The summed E-state index contributed by atoms with van der Waals surface area (Å²) in [5, 5.41) is 2.64. The molecule has 1 N–H and O–H groups in total. The van der Waals surface area contributed by atoms with Crippen LogP contribution in [0.3, 0.4) is 0 Å². The molecule has 0 aliphatic carbocycles. The van der Waals surface area contributed by atoms with Crippen molar-refractivity contribution in [1.29, 1.82) is 0 Å². The fourth-order valence-corrected chi connectivity index (χ4v) is 3.34. The van der Waals surface area contributed by atoms with Crippen LogP contribution in [0.4, 0.5) is 18.7 Å². The van der Waals surface area contributed by atoms with E-state index in [2.05, 4.69) is 10.3 Å². The molecule has 10 heteroatoms. The maximum atomic E-state index is 14.1. The highest BCUT2D eigenvalue weighted by Crippen LogP contribution is 2.25. The minimum atomic E-state index is -1.01. The molecule has 1 amide bonds. The number of nitrogens with one attached hydrogen (secondary N) is 1. The maximum Gasteiger partial charge on any atom is 0.420 e. The Morgan fingerprint density at radius 1 is 1.34 bits per heavy atom. The first-order chi connectivity index (χ1) is 13.7. The molecule has 3 aromatic rings. The van der Waals surface area contributed by atoms with E-state index in [9.17, 15) is 18.4 Å². The van der Waals surface area contributed by atoms with Crippen LogP contribution in [-0.2, 0) is 6.54 Å². The molecule has 0 aliphatic heterocycles. The zero-order valence-electron chi connectivity index (χ0n) is 15.4. The molecule has 3 rings (SSSR count). The van der Waals surface area contributed by atoms with Crippen molar-refractivity contribution in [2.45, 2.75) is 20.4 Å². The summed E-state index contributed by atoms with van der Waals surface area (Å²) in [6.07, 6.45) is 1.95. The number of hydrogen-bond donors (Lipinski definition) is 1. The molecule has 29 heavy (non-hydrogen) atoms. The lowest BCUT2D eigenvalue weighted by Gasteiger charge is -2.10. The summed E-state index contributed by atoms with van der Waals surface area (Å²) >= 11 is 6.81. The van der Waals surface area contributed by atoms with Gasteiger partial charge in [-0.05, 0) is 6.07 Å². The SMILES string of the molecule is CC(C)C(=O)c1cc(OC(=O)Nc2ncc(Cl)s2)n(Cc2cccc(F)c2F)c1. The molecule has 2 heterocycles. The van der Waals surface area contributed by atoms with Gasteiger partial charge in [-0.2, -0.15) is 0 Å². The summed E-state index contributed by atoms with van der Waals surface area (Å²) in [6.45, 7) is 3.32. The van der Waals surface area contributed by atoms with Gasteiger partial charge in [0.2, 0.25) is 5.88 Å². The second-order valence-electron chi connectivity index (χ2n) is 6.41. The summed E-state index contributed by atoms with van der Waals surface area (Å²) in [7, 11) is 0. The van der Waals surface area contributed by atoms with Gasteiger partial charge < -0.3 is 9.30 Å². The molecule has 1 aromatic carbocycles. The van der Waals surface area contributed by atoms with E-state index in [1.165, 1.54) is 35.2 Å². The van der Waals surface area contributed by atoms with Crippen molar-refractivity contribution >= 4 is 39.9 Å². The Labute approximate surface area is 174 Å². The number of anilines is 1. The van der Waals surface area contributed by atoms with E-state index in [1.54, 1.807) is 13.8 Å². The zero-order chi connectivity index (χ0) is 21.1. The van der Waals surface area contributed by atoms with Crippen molar-refractivity contribution in [3.05, 3.63) is 63.8 Å². The normalized spacial score (nSPS) is 11.0. The van der Waals surface area contributed by atoms with Crippen molar-refractivity contribution in [2.24, 2.45) is 5.92 Å². The van der Waals surface area contributed by atoms with Crippen LogP contribution in [-0.4, -0.2) is 21.4 Å². The van der Waals surface area contributed by atoms with E-state index in [0.29, 0.717) is 4.34 Å². The Bertz CT molecular complexity index is 1060. The molecule has 0 fully saturated rings. The van der Waals surface area contributed by atoms with Gasteiger partial charge in [0.15, 0.2) is 22.5 Å². The maximum absolute atomic E-state index is 14.1. The first-order valence-electron chi connectivity index (χ1n) is 8.52. The quantitative estimate of drug-likeness (QED) is 0.524. The van der Waals surface area contributed by atoms with E-state index in [1.807, 2.05) is 0 Å². The van der Waals surface area contributed by atoms with Crippen molar-refractivity contribution in [1.82, 2.24) is 9.55 Å². The van der Waals surface area contributed by atoms with E-state index >= 15 is 0 Å². The van der Waals surface area contributed by atoms with Crippen LogP contribution < -0.4 is 10.1 Å². The molecular weight excluding hydrogens is 424 g/mol. The number of carbonyl (C=O) groups is 2. The van der Waals surface area contributed by atoms with Gasteiger partial charge in [0.05, 0.1) is 12.7 Å². The molecule has 0 radical (unpaired) electrons. The third-order valence-electron chi connectivity index (χ3n) is 3.92. The number of Topliss-reactive ketones (excluding diaryl/α,β-unsaturated/α-hetero) is 1. The molecule has 0 unspecified atom stereocenters. The average molecular weight is 440 g/mol. The number of rotatable bonds is 6. The number of amides is 1. The van der Waals surface area contributed by atoms with Gasteiger partial charge in [0, 0.05) is 29.3 Å². The Kier molecular flexibility index (Phi) is 6.29. The Hall–Kier alpha value is -2.78. The summed E-state index contributed by atoms with van der Waals surface area (Å²) < 4.78 is 34.6. The fourth-order valence-electron chi connectivity index (χ4n) is 2.54. The van der Waals surface area contributed by atoms with Gasteiger partial charge in [-0.15, -0.1) is 0 Å².